The second kappa shape index (κ2) is 4.11. The van der Waals surface area contributed by atoms with Gasteiger partial charge < -0.3 is 10.4 Å². The smallest absolute Gasteiger partial charge is 0.141 e. The summed E-state index contributed by atoms with van der Waals surface area (Å²) in [7, 11) is 0. The standard InChI is InChI=1S/C12H17FN2O/c1-12(2)4-3-10(15-12)11(16)8-5-9(13)7-14-6-8/h5-7,10-11,15-16H,3-4H2,1-2H3/t10-,11-/m1/s1. The quantitative estimate of drug-likeness (QED) is 0.805. The van der Waals surface area contributed by atoms with Crippen LogP contribution in [0.15, 0.2) is 18.5 Å². The van der Waals surface area contributed by atoms with Gasteiger partial charge in [0.25, 0.3) is 0 Å². The van der Waals surface area contributed by atoms with Crippen LogP contribution in [0.4, 0.5) is 4.39 Å². The van der Waals surface area contributed by atoms with E-state index in [1.807, 2.05) is 0 Å². The van der Waals surface area contributed by atoms with E-state index in [0.29, 0.717) is 5.56 Å². The molecule has 3 nitrogen and oxygen atoms in total. The van der Waals surface area contributed by atoms with Crippen LogP contribution in [-0.2, 0) is 0 Å². The zero-order valence-corrected chi connectivity index (χ0v) is 9.57. The van der Waals surface area contributed by atoms with Crippen LogP contribution in [0.25, 0.3) is 0 Å². The molecule has 1 saturated heterocycles. The van der Waals surface area contributed by atoms with E-state index < -0.39 is 11.9 Å². The van der Waals surface area contributed by atoms with Crippen LogP contribution in [0, 0.1) is 5.82 Å². The molecule has 2 rings (SSSR count). The first-order valence-electron chi connectivity index (χ1n) is 5.54. The Morgan fingerprint density at radius 1 is 1.56 bits per heavy atom. The molecule has 88 valence electrons. The number of aromatic nitrogens is 1. The highest BCUT2D eigenvalue weighted by Crippen LogP contribution is 2.30. The summed E-state index contributed by atoms with van der Waals surface area (Å²) in [5, 5.41) is 13.5. The van der Waals surface area contributed by atoms with E-state index in [1.165, 1.54) is 12.3 Å². The third kappa shape index (κ3) is 2.39. The molecule has 0 spiro atoms. The van der Waals surface area contributed by atoms with E-state index in [-0.39, 0.29) is 11.6 Å². The van der Waals surface area contributed by atoms with Crippen LogP contribution in [-0.4, -0.2) is 21.7 Å². The first kappa shape index (κ1) is 11.5. The van der Waals surface area contributed by atoms with Crippen LogP contribution < -0.4 is 5.32 Å². The summed E-state index contributed by atoms with van der Waals surface area (Å²) in [5.41, 5.74) is 0.585. The second-order valence-corrected chi connectivity index (χ2v) is 5.05. The van der Waals surface area contributed by atoms with Gasteiger partial charge in [-0.15, -0.1) is 0 Å². The molecule has 0 bridgehead atoms. The molecule has 1 aliphatic rings. The third-order valence-electron chi connectivity index (χ3n) is 3.11. The van der Waals surface area contributed by atoms with Gasteiger partial charge in [0.15, 0.2) is 0 Å². The lowest BCUT2D eigenvalue weighted by molar-refractivity contribution is 0.131. The van der Waals surface area contributed by atoms with Crippen molar-refractivity contribution in [3.8, 4) is 0 Å². The molecule has 0 unspecified atom stereocenters. The van der Waals surface area contributed by atoms with E-state index in [2.05, 4.69) is 24.1 Å². The number of hydrogen-bond acceptors (Lipinski definition) is 3. The first-order chi connectivity index (χ1) is 7.48. The fourth-order valence-corrected chi connectivity index (χ4v) is 2.22. The number of nitrogens with one attached hydrogen (secondary N) is 1. The minimum Gasteiger partial charge on any atom is -0.387 e. The number of hydrogen-bond donors (Lipinski definition) is 2. The molecule has 0 saturated carbocycles. The van der Waals surface area contributed by atoms with E-state index in [4.69, 9.17) is 0 Å². The molecule has 4 heteroatoms. The number of halogens is 1. The van der Waals surface area contributed by atoms with Crippen LogP contribution in [0.5, 0.6) is 0 Å². The molecule has 1 aliphatic heterocycles. The number of aliphatic hydroxyl groups is 1. The molecule has 0 radical (unpaired) electrons. The Morgan fingerprint density at radius 3 is 2.88 bits per heavy atom. The van der Waals surface area contributed by atoms with E-state index in [1.54, 1.807) is 0 Å². The van der Waals surface area contributed by atoms with Crippen molar-refractivity contribution >= 4 is 0 Å². The predicted octanol–water partition coefficient (Wildman–Crippen LogP) is 1.78. The summed E-state index contributed by atoms with van der Waals surface area (Å²) in [5.74, 6) is -0.409. The lowest BCUT2D eigenvalue weighted by Crippen LogP contribution is -2.40. The van der Waals surface area contributed by atoms with Gasteiger partial charge in [0.05, 0.1) is 12.3 Å². The van der Waals surface area contributed by atoms with Crippen LogP contribution in [0.3, 0.4) is 0 Å². The van der Waals surface area contributed by atoms with Gasteiger partial charge in [0.2, 0.25) is 0 Å². The Balaban J connectivity index is 2.11. The van der Waals surface area contributed by atoms with Gasteiger partial charge in [0, 0.05) is 23.3 Å². The largest absolute Gasteiger partial charge is 0.387 e. The summed E-state index contributed by atoms with van der Waals surface area (Å²) < 4.78 is 13.0. The molecular formula is C12H17FN2O. The summed E-state index contributed by atoms with van der Waals surface area (Å²) in [4.78, 5) is 3.75. The zero-order valence-electron chi connectivity index (χ0n) is 9.57. The lowest BCUT2D eigenvalue weighted by Gasteiger charge is -2.23. The Hall–Kier alpha value is -1.00. The lowest BCUT2D eigenvalue weighted by atomic mass is 10.0. The Bertz CT molecular complexity index is 381. The van der Waals surface area contributed by atoms with Gasteiger partial charge in [-0.2, -0.15) is 0 Å². The van der Waals surface area contributed by atoms with Gasteiger partial charge in [-0.25, -0.2) is 4.39 Å². The summed E-state index contributed by atoms with van der Waals surface area (Å²) in [6, 6.07) is 1.32. The highest BCUT2D eigenvalue weighted by atomic mass is 19.1. The van der Waals surface area contributed by atoms with Crippen molar-refractivity contribution in [2.75, 3.05) is 0 Å². The van der Waals surface area contributed by atoms with Gasteiger partial charge in [-0.3, -0.25) is 4.98 Å². The third-order valence-corrected chi connectivity index (χ3v) is 3.11. The van der Waals surface area contributed by atoms with Crippen molar-refractivity contribution in [3.05, 3.63) is 29.8 Å². The molecule has 0 aliphatic carbocycles. The van der Waals surface area contributed by atoms with Crippen molar-refractivity contribution in [1.82, 2.24) is 10.3 Å². The van der Waals surface area contributed by atoms with E-state index in [0.717, 1.165) is 19.0 Å². The highest BCUT2D eigenvalue weighted by molar-refractivity contribution is 5.16. The minimum absolute atomic E-state index is 0.0152. The maximum atomic E-state index is 13.0. The maximum Gasteiger partial charge on any atom is 0.141 e. The first-order valence-corrected chi connectivity index (χ1v) is 5.54. The van der Waals surface area contributed by atoms with Crippen molar-refractivity contribution in [3.63, 3.8) is 0 Å². The maximum absolute atomic E-state index is 13.0. The van der Waals surface area contributed by atoms with Gasteiger partial charge in [-0.05, 0) is 32.8 Å². The molecule has 2 atom stereocenters. The number of nitrogens with zero attached hydrogens (tertiary/aromatic N) is 1. The fourth-order valence-electron chi connectivity index (χ4n) is 2.22. The summed E-state index contributed by atoms with van der Waals surface area (Å²) in [6.07, 6.45) is 3.87. The van der Waals surface area contributed by atoms with Crippen LogP contribution >= 0.6 is 0 Å². The number of pyridine rings is 1. The molecule has 1 aromatic rings. The summed E-state index contributed by atoms with van der Waals surface area (Å²) >= 11 is 0. The van der Waals surface area contributed by atoms with Gasteiger partial charge >= 0.3 is 0 Å². The topological polar surface area (TPSA) is 45.2 Å². The van der Waals surface area contributed by atoms with Crippen molar-refractivity contribution in [2.45, 2.75) is 44.4 Å². The number of aliphatic hydroxyl groups excluding tert-OH is 1. The molecule has 2 N–H and O–H groups in total. The Labute approximate surface area is 94.7 Å². The Kier molecular flexibility index (Phi) is 2.95. The van der Waals surface area contributed by atoms with Gasteiger partial charge in [-0.1, -0.05) is 0 Å². The number of rotatable bonds is 2. The molecule has 1 fully saturated rings. The van der Waals surface area contributed by atoms with Crippen LogP contribution in [0.1, 0.15) is 38.4 Å². The second-order valence-electron chi connectivity index (χ2n) is 5.05. The van der Waals surface area contributed by atoms with Crippen molar-refractivity contribution in [2.24, 2.45) is 0 Å². The Morgan fingerprint density at radius 2 is 2.31 bits per heavy atom. The SMILES string of the molecule is CC1(C)CC[C@H]([C@H](O)c2cncc(F)c2)N1. The molecule has 0 amide bonds. The van der Waals surface area contributed by atoms with E-state index in [9.17, 15) is 9.50 Å². The average Bonchev–Trinajstić information content (AvgIpc) is 2.58. The normalized spacial score (nSPS) is 25.6. The molecule has 16 heavy (non-hydrogen) atoms. The molecule has 1 aromatic heterocycles. The predicted molar refractivity (Wildman–Crippen MR) is 59.4 cm³/mol. The van der Waals surface area contributed by atoms with Crippen molar-refractivity contribution < 1.29 is 9.50 Å². The molecular weight excluding hydrogens is 207 g/mol. The van der Waals surface area contributed by atoms with Gasteiger partial charge in [0.1, 0.15) is 5.82 Å². The average molecular weight is 224 g/mol. The monoisotopic (exact) mass is 224 g/mol. The minimum atomic E-state index is -0.690. The highest BCUT2D eigenvalue weighted by Gasteiger charge is 2.34. The fraction of sp³-hybridized carbons (Fsp3) is 0.583. The molecule has 0 aromatic carbocycles. The van der Waals surface area contributed by atoms with Crippen molar-refractivity contribution in [1.29, 1.82) is 0 Å². The van der Waals surface area contributed by atoms with E-state index >= 15 is 0 Å². The van der Waals surface area contributed by atoms with Crippen LogP contribution in [0.2, 0.25) is 0 Å². The zero-order chi connectivity index (χ0) is 11.8. The summed E-state index contributed by atoms with van der Waals surface area (Å²) in [6.45, 7) is 4.20. The molecule has 2 heterocycles.